The summed E-state index contributed by atoms with van der Waals surface area (Å²) in [5.74, 6) is -0.253. The molecule has 0 amide bonds. The lowest BCUT2D eigenvalue weighted by atomic mass is 10.1. The van der Waals surface area contributed by atoms with E-state index in [1.165, 1.54) is 12.1 Å². The van der Waals surface area contributed by atoms with Gasteiger partial charge in [-0.15, -0.1) is 0 Å². The van der Waals surface area contributed by atoms with E-state index in [9.17, 15) is 4.39 Å². The van der Waals surface area contributed by atoms with Crippen LogP contribution >= 0.6 is 0 Å². The van der Waals surface area contributed by atoms with Gasteiger partial charge in [-0.3, -0.25) is 4.98 Å². The van der Waals surface area contributed by atoms with Crippen LogP contribution < -0.4 is 5.32 Å². The highest BCUT2D eigenvalue weighted by molar-refractivity contribution is 5.59. The second-order valence-corrected chi connectivity index (χ2v) is 4.36. The summed E-state index contributed by atoms with van der Waals surface area (Å²) in [6, 6.07) is 10.3. The van der Waals surface area contributed by atoms with E-state index < -0.39 is 0 Å². The molecule has 1 aromatic heterocycles. The van der Waals surface area contributed by atoms with E-state index in [2.05, 4.69) is 16.4 Å². The Morgan fingerprint density at radius 2 is 1.95 bits per heavy atom. The molecular weight excluding hydrogens is 241 g/mol. The lowest BCUT2D eigenvalue weighted by molar-refractivity contribution is 0.627. The van der Waals surface area contributed by atoms with Gasteiger partial charge in [0.05, 0.1) is 16.9 Å². The van der Waals surface area contributed by atoms with Gasteiger partial charge in [0.2, 0.25) is 0 Å². The van der Waals surface area contributed by atoms with Crippen molar-refractivity contribution < 1.29 is 4.39 Å². The van der Waals surface area contributed by atoms with Gasteiger partial charge in [-0.2, -0.15) is 5.26 Å². The van der Waals surface area contributed by atoms with Gasteiger partial charge in [0.15, 0.2) is 0 Å². The fourth-order valence-electron chi connectivity index (χ4n) is 1.91. The van der Waals surface area contributed by atoms with E-state index in [0.717, 1.165) is 16.9 Å². The molecule has 2 rings (SSSR count). The normalized spacial score (nSPS) is 10.0. The van der Waals surface area contributed by atoms with Crippen LogP contribution in [0.3, 0.4) is 0 Å². The van der Waals surface area contributed by atoms with Crippen molar-refractivity contribution in [2.24, 2.45) is 0 Å². The second kappa shape index (κ2) is 5.49. The number of hydrogen-bond donors (Lipinski definition) is 1. The van der Waals surface area contributed by atoms with Crippen LogP contribution in [0.2, 0.25) is 0 Å². The Labute approximate surface area is 111 Å². The maximum absolute atomic E-state index is 12.8. The molecule has 0 unspecified atom stereocenters. The van der Waals surface area contributed by atoms with Crippen molar-refractivity contribution in [3.8, 4) is 6.07 Å². The number of benzene rings is 1. The minimum atomic E-state index is -0.253. The highest BCUT2D eigenvalue weighted by Crippen LogP contribution is 2.19. The summed E-state index contributed by atoms with van der Waals surface area (Å²) in [4.78, 5) is 4.26. The van der Waals surface area contributed by atoms with E-state index in [0.29, 0.717) is 17.8 Å². The third kappa shape index (κ3) is 3.08. The van der Waals surface area contributed by atoms with Crippen LogP contribution in [0.5, 0.6) is 0 Å². The van der Waals surface area contributed by atoms with E-state index in [4.69, 9.17) is 5.26 Å². The van der Waals surface area contributed by atoms with E-state index in [-0.39, 0.29) is 5.82 Å². The smallest absolute Gasteiger partial charge is 0.123 e. The second-order valence-electron chi connectivity index (χ2n) is 4.36. The van der Waals surface area contributed by atoms with Gasteiger partial charge in [0.1, 0.15) is 11.9 Å². The number of rotatable bonds is 3. The van der Waals surface area contributed by atoms with Gasteiger partial charge in [0.25, 0.3) is 0 Å². The van der Waals surface area contributed by atoms with Crippen molar-refractivity contribution in [1.29, 1.82) is 5.26 Å². The fourth-order valence-corrected chi connectivity index (χ4v) is 1.91. The predicted molar refractivity (Wildman–Crippen MR) is 72.2 cm³/mol. The molecule has 19 heavy (non-hydrogen) atoms. The number of nitrogens with zero attached hydrogens (tertiary/aromatic N) is 2. The quantitative estimate of drug-likeness (QED) is 0.915. The summed E-state index contributed by atoms with van der Waals surface area (Å²) in [7, 11) is 0. The summed E-state index contributed by atoms with van der Waals surface area (Å²) in [5.41, 5.74) is 3.84. The molecule has 2 aromatic rings. The fraction of sp³-hybridized carbons (Fsp3) is 0.200. The minimum Gasteiger partial charge on any atom is -0.380 e. The molecule has 0 saturated carbocycles. The topological polar surface area (TPSA) is 48.7 Å². The zero-order valence-corrected chi connectivity index (χ0v) is 10.9. The monoisotopic (exact) mass is 255 g/mol. The number of halogens is 1. The van der Waals surface area contributed by atoms with E-state index in [1.807, 2.05) is 19.9 Å². The van der Waals surface area contributed by atoms with Gasteiger partial charge >= 0.3 is 0 Å². The minimum absolute atomic E-state index is 0.253. The number of aryl methyl sites for hydroxylation is 2. The van der Waals surface area contributed by atoms with Crippen molar-refractivity contribution in [3.05, 3.63) is 58.7 Å². The van der Waals surface area contributed by atoms with Crippen molar-refractivity contribution in [3.63, 3.8) is 0 Å². The molecule has 0 atom stereocenters. The SMILES string of the molecule is Cc1cc(NCc2ccc(F)cc2)c(C#N)c(C)n1. The Hall–Kier alpha value is -2.41. The van der Waals surface area contributed by atoms with Gasteiger partial charge < -0.3 is 5.32 Å². The Morgan fingerprint density at radius 1 is 1.26 bits per heavy atom. The number of anilines is 1. The average Bonchev–Trinajstić information content (AvgIpc) is 2.37. The van der Waals surface area contributed by atoms with Gasteiger partial charge in [0, 0.05) is 12.2 Å². The molecule has 4 heteroatoms. The van der Waals surface area contributed by atoms with Gasteiger partial charge in [-0.05, 0) is 37.6 Å². The highest BCUT2D eigenvalue weighted by atomic mass is 19.1. The lowest BCUT2D eigenvalue weighted by Gasteiger charge is -2.11. The Balaban J connectivity index is 2.20. The first-order valence-electron chi connectivity index (χ1n) is 5.97. The predicted octanol–water partition coefficient (Wildman–Crippen LogP) is 3.32. The molecule has 0 radical (unpaired) electrons. The Morgan fingerprint density at radius 3 is 2.58 bits per heavy atom. The van der Waals surface area contributed by atoms with Crippen molar-refractivity contribution in [2.75, 3.05) is 5.32 Å². The van der Waals surface area contributed by atoms with Crippen LogP contribution in [0.15, 0.2) is 30.3 Å². The summed E-state index contributed by atoms with van der Waals surface area (Å²) in [5, 5.41) is 12.3. The van der Waals surface area contributed by atoms with Crippen molar-refractivity contribution in [2.45, 2.75) is 20.4 Å². The number of nitriles is 1. The largest absolute Gasteiger partial charge is 0.380 e. The number of aromatic nitrogens is 1. The van der Waals surface area contributed by atoms with Gasteiger partial charge in [-0.1, -0.05) is 12.1 Å². The first-order valence-corrected chi connectivity index (χ1v) is 5.97. The summed E-state index contributed by atoms with van der Waals surface area (Å²) >= 11 is 0. The standard InChI is InChI=1S/C15H14FN3/c1-10-7-15(14(8-17)11(2)19-10)18-9-12-3-5-13(16)6-4-12/h3-7H,9H2,1-2H3,(H,18,19). The molecule has 96 valence electrons. The summed E-state index contributed by atoms with van der Waals surface area (Å²) in [6.45, 7) is 4.24. The number of hydrogen-bond acceptors (Lipinski definition) is 3. The highest BCUT2D eigenvalue weighted by Gasteiger charge is 2.07. The average molecular weight is 255 g/mol. The number of nitrogens with one attached hydrogen (secondary N) is 1. The molecule has 0 aliphatic carbocycles. The van der Waals surface area contributed by atoms with Crippen LogP contribution in [-0.2, 0) is 6.54 Å². The van der Waals surface area contributed by atoms with E-state index >= 15 is 0 Å². The molecule has 0 saturated heterocycles. The molecule has 0 bridgehead atoms. The Kier molecular flexibility index (Phi) is 3.76. The van der Waals surface area contributed by atoms with Crippen molar-refractivity contribution >= 4 is 5.69 Å². The lowest BCUT2D eigenvalue weighted by Crippen LogP contribution is -2.04. The zero-order chi connectivity index (χ0) is 13.8. The van der Waals surface area contributed by atoms with E-state index in [1.54, 1.807) is 12.1 Å². The summed E-state index contributed by atoms with van der Waals surface area (Å²) in [6.07, 6.45) is 0. The van der Waals surface area contributed by atoms with Crippen LogP contribution in [-0.4, -0.2) is 4.98 Å². The maximum Gasteiger partial charge on any atom is 0.123 e. The molecule has 0 aliphatic heterocycles. The molecule has 3 nitrogen and oxygen atoms in total. The third-order valence-corrected chi connectivity index (χ3v) is 2.84. The first-order chi connectivity index (χ1) is 9.10. The molecule has 0 fully saturated rings. The van der Waals surface area contributed by atoms with Gasteiger partial charge in [-0.25, -0.2) is 4.39 Å². The van der Waals surface area contributed by atoms with Crippen molar-refractivity contribution in [1.82, 2.24) is 4.98 Å². The maximum atomic E-state index is 12.8. The molecular formula is C15H14FN3. The molecule has 1 aromatic carbocycles. The zero-order valence-electron chi connectivity index (χ0n) is 10.9. The van der Waals surface area contributed by atoms with Crippen LogP contribution in [0.4, 0.5) is 10.1 Å². The van der Waals surface area contributed by atoms with Crippen LogP contribution in [0.25, 0.3) is 0 Å². The Bertz CT molecular complexity index is 627. The van der Waals surface area contributed by atoms with Crippen LogP contribution in [0, 0.1) is 31.0 Å². The molecule has 0 spiro atoms. The third-order valence-electron chi connectivity index (χ3n) is 2.84. The summed E-state index contributed by atoms with van der Waals surface area (Å²) < 4.78 is 12.8. The molecule has 0 aliphatic rings. The molecule has 1 heterocycles. The number of pyridine rings is 1. The van der Waals surface area contributed by atoms with Crippen LogP contribution in [0.1, 0.15) is 22.5 Å². The molecule has 1 N–H and O–H groups in total. The first kappa shape index (κ1) is 13.0.